The van der Waals surface area contributed by atoms with Crippen molar-refractivity contribution in [2.45, 2.75) is 26.8 Å². The molecule has 0 aromatic rings. The standard InChI is InChI=1S/C10H21NO3/c1-8(2)7-13-5-6-14-10(12)9(3)11-4/h8-9,11H,5-7H2,1-4H3. The van der Waals surface area contributed by atoms with Gasteiger partial charge in [-0.05, 0) is 19.9 Å². The second-order valence-corrected chi connectivity index (χ2v) is 3.65. The van der Waals surface area contributed by atoms with Gasteiger partial charge in [-0.25, -0.2) is 0 Å². The summed E-state index contributed by atoms with van der Waals surface area (Å²) in [5.41, 5.74) is 0. The maximum atomic E-state index is 11.1. The number of likely N-dealkylation sites (N-methyl/N-ethyl adjacent to an activating group) is 1. The van der Waals surface area contributed by atoms with Crippen molar-refractivity contribution in [3.05, 3.63) is 0 Å². The van der Waals surface area contributed by atoms with Crippen LogP contribution in [0.4, 0.5) is 0 Å². The fourth-order valence-electron chi connectivity index (χ4n) is 0.763. The summed E-state index contributed by atoms with van der Waals surface area (Å²) in [6, 6.07) is -0.250. The lowest BCUT2D eigenvalue weighted by Crippen LogP contribution is -2.33. The Labute approximate surface area is 86.0 Å². The molecule has 1 atom stereocenters. The van der Waals surface area contributed by atoms with Crippen LogP contribution in [0.2, 0.25) is 0 Å². The zero-order chi connectivity index (χ0) is 11.0. The lowest BCUT2D eigenvalue weighted by atomic mass is 10.2. The van der Waals surface area contributed by atoms with Gasteiger partial charge in [0.15, 0.2) is 0 Å². The van der Waals surface area contributed by atoms with Crippen LogP contribution >= 0.6 is 0 Å². The number of carbonyl (C=O) groups excluding carboxylic acids is 1. The van der Waals surface area contributed by atoms with Crippen LogP contribution in [0.3, 0.4) is 0 Å². The molecule has 0 fully saturated rings. The second-order valence-electron chi connectivity index (χ2n) is 3.65. The van der Waals surface area contributed by atoms with E-state index in [0.717, 1.165) is 0 Å². The molecule has 4 nitrogen and oxygen atoms in total. The third-order valence-corrected chi connectivity index (χ3v) is 1.71. The average molecular weight is 203 g/mol. The maximum Gasteiger partial charge on any atom is 0.322 e. The molecule has 0 radical (unpaired) electrons. The first-order valence-electron chi connectivity index (χ1n) is 4.99. The fraction of sp³-hybridized carbons (Fsp3) is 0.900. The van der Waals surface area contributed by atoms with Gasteiger partial charge in [-0.3, -0.25) is 4.79 Å². The van der Waals surface area contributed by atoms with Gasteiger partial charge in [-0.15, -0.1) is 0 Å². The van der Waals surface area contributed by atoms with Gasteiger partial charge >= 0.3 is 5.97 Å². The van der Waals surface area contributed by atoms with Gasteiger partial charge in [0, 0.05) is 6.61 Å². The molecule has 4 heteroatoms. The van der Waals surface area contributed by atoms with Crippen molar-refractivity contribution in [1.82, 2.24) is 5.32 Å². The number of nitrogens with one attached hydrogen (secondary N) is 1. The van der Waals surface area contributed by atoms with Crippen LogP contribution in [0.5, 0.6) is 0 Å². The van der Waals surface area contributed by atoms with Gasteiger partial charge in [-0.2, -0.15) is 0 Å². The molecular weight excluding hydrogens is 182 g/mol. The summed E-state index contributed by atoms with van der Waals surface area (Å²) in [5.74, 6) is 0.280. The molecule has 84 valence electrons. The monoisotopic (exact) mass is 203 g/mol. The Morgan fingerprint density at radius 1 is 1.29 bits per heavy atom. The molecule has 0 amide bonds. The van der Waals surface area contributed by atoms with E-state index in [1.807, 2.05) is 0 Å². The predicted octanol–water partition coefficient (Wildman–Crippen LogP) is 0.810. The number of hydrogen-bond acceptors (Lipinski definition) is 4. The molecule has 0 bridgehead atoms. The SMILES string of the molecule is CNC(C)C(=O)OCCOCC(C)C. The highest BCUT2D eigenvalue weighted by Gasteiger charge is 2.10. The van der Waals surface area contributed by atoms with Crippen LogP contribution in [0.25, 0.3) is 0 Å². The van der Waals surface area contributed by atoms with E-state index >= 15 is 0 Å². The van der Waals surface area contributed by atoms with Crippen molar-refractivity contribution in [2.24, 2.45) is 5.92 Å². The molecule has 0 saturated carbocycles. The molecule has 0 aliphatic heterocycles. The van der Waals surface area contributed by atoms with Crippen molar-refractivity contribution in [1.29, 1.82) is 0 Å². The molecule has 0 spiro atoms. The Balaban J connectivity index is 3.32. The minimum absolute atomic E-state index is 0.236. The highest BCUT2D eigenvalue weighted by Crippen LogP contribution is 1.92. The van der Waals surface area contributed by atoms with Crippen LogP contribution in [0, 0.1) is 5.92 Å². The molecule has 1 unspecified atom stereocenters. The van der Waals surface area contributed by atoms with Crippen LogP contribution in [0.15, 0.2) is 0 Å². The average Bonchev–Trinajstić information content (AvgIpc) is 2.15. The third kappa shape index (κ3) is 6.86. The van der Waals surface area contributed by atoms with Crippen LogP contribution in [-0.4, -0.2) is 38.9 Å². The minimum Gasteiger partial charge on any atom is -0.462 e. The summed E-state index contributed by atoms with van der Waals surface area (Å²) in [7, 11) is 1.72. The van der Waals surface area contributed by atoms with Crippen molar-refractivity contribution >= 4 is 5.97 Å². The highest BCUT2D eigenvalue weighted by atomic mass is 16.6. The van der Waals surface area contributed by atoms with Crippen LogP contribution in [-0.2, 0) is 14.3 Å². The van der Waals surface area contributed by atoms with Crippen molar-refractivity contribution in [3.63, 3.8) is 0 Å². The number of hydrogen-bond donors (Lipinski definition) is 1. The summed E-state index contributed by atoms with van der Waals surface area (Å²) in [5, 5.41) is 2.81. The first-order valence-corrected chi connectivity index (χ1v) is 4.99. The quantitative estimate of drug-likeness (QED) is 0.491. The van der Waals surface area contributed by atoms with E-state index in [0.29, 0.717) is 25.7 Å². The van der Waals surface area contributed by atoms with Gasteiger partial charge < -0.3 is 14.8 Å². The Morgan fingerprint density at radius 2 is 1.93 bits per heavy atom. The van der Waals surface area contributed by atoms with E-state index in [-0.39, 0.29) is 12.0 Å². The summed E-state index contributed by atoms with van der Waals surface area (Å²) in [6.07, 6.45) is 0. The van der Waals surface area contributed by atoms with Crippen LogP contribution in [0.1, 0.15) is 20.8 Å². The largest absolute Gasteiger partial charge is 0.462 e. The first-order chi connectivity index (χ1) is 6.57. The van der Waals surface area contributed by atoms with Gasteiger partial charge in [0.2, 0.25) is 0 Å². The van der Waals surface area contributed by atoms with Crippen molar-refractivity contribution in [3.8, 4) is 0 Å². The zero-order valence-electron chi connectivity index (χ0n) is 9.50. The normalized spacial score (nSPS) is 12.9. The smallest absolute Gasteiger partial charge is 0.322 e. The zero-order valence-corrected chi connectivity index (χ0v) is 9.50. The summed E-state index contributed by atoms with van der Waals surface area (Å²) in [4.78, 5) is 11.1. The van der Waals surface area contributed by atoms with Crippen LogP contribution < -0.4 is 5.32 Å². The molecule has 0 aliphatic carbocycles. The third-order valence-electron chi connectivity index (χ3n) is 1.71. The molecule has 0 heterocycles. The Kier molecular flexibility index (Phi) is 7.42. The molecule has 0 rings (SSSR count). The number of carbonyl (C=O) groups is 1. The number of ether oxygens (including phenoxy) is 2. The molecular formula is C10H21NO3. The van der Waals surface area contributed by atoms with E-state index in [9.17, 15) is 4.79 Å². The topological polar surface area (TPSA) is 47.6 Å². The molecule has 0 aliphatic rings. The van der Waals surface area contributed by atoms with Crippen molar-refractivity contribution in [2.75, 3.05) is 26.9 Å². The lowest BCUT2D eigenvalue weighted by molar-refractivity contribution is -0.147. The Hall–Kier alpha value is -0.610. The van der Waals surface area contributed by atoms with Gasteiger partial charge in [-0.1, -0.05) is 13.8 Å². The van der Waals surface area contributed by atoms with E-state index in [1.165, 1.54) is 0 Å². The summed E-state index contributed by atoms with van der Waals surface area (Å²) < 4.78 is 10.2. The Morgan fingerprint density at radius 3 is 2.43 bits per heavy atom. The van der Waals surface area contributed by atoms with E-state index in [4.69, 9.17) is 9.47 Å². The molecule has 14 heavy (non-hydrogen) atoms. The molecule has 0 aromatic carbocycles. The first kappa shape index (κ1) is 13.4. The number of esters is 1. The Bertz CT molecular complexity index is 159. The highest BCUT2D eigenvalue weighted by molar-refractivity contribution is 5.75. The van der Waals surface area contributed by atoms with Gasteiger partial charge in [0.25, 0.3) is 0 Å². The molecule has 0 aromatic heterocycles. The van der Waals surface area contributed by atoms with E-state index < -0.39 is 0 Å². The van der Waals surface area contributed by atoms with Crippen molar-refractivity contribution < 1.29 is 14.3 Å². The van der Waals surface area contributed by atoms with E-state index in [1.54, 1.807) is 14.0 Å². The number of rotatable bonds is 7. The summed E-state index contributed by atoms with van der Waals surface area (Å²) >= 11 is 0. The van der Waals surface area contributed by atoms with Gasteiger partial charge in [0.05, 0.1) is 6.61 Å². The summed E-state index contributed by atoms with van der Waals surface area (Å²) in [6.45, 7) is 7.43. The van der Waals surface area contributed by atoms with Gasteiger partial charge in [0.1, 0.15) is 12.6 Å². The molecule has 0 saturated heterocycles. The minimum atomic E-state index is -0.250. The maximum absolute atomic E-state index is 11.1. The van der Waals surface area contributed by atoms with E-state index in [2.05, 4.69) is 19.2 Å². The fourth-order valence-corrected chi connectivity index (χ4v) is 0.763. The predicted molar refractivity (Wildman–Crippen MR) is 55.1 cm³/mol. The second kappa shape index (κ2) is 7.76. The lowest BCUT2D eigenvalue weighted by Gasteiger charge is -2.11. The molecule has 1 N–H and O–H groups in total.